The van der Waals surface area contributed by atoms with Gasteiger partial charge < -0.3 is 15.0 Å². The maximum absolute atomic E-state index is 11.7. The van der Waals surface area contributed by atoms with Crippen molar-refractivity contribution in [3.05, 3.63) is 0 Å². The number of hydrogen-bond donors (Lipinski definition) is 2. The van der Waals surface area contributed by atoms with E-state index < -0.39 is 18.1 Å². The third kappa shape index (κ3) is 7.23. The minimum atomic E-state index is -1.01. The van der Waals surface area contributed by atoms with Gasteiger partial charge in [0.05, 0.1) is 18.1 Å². The third-order valence-electron chi connectivity index (χ3n) is 2.91. The number of ketones is 1. The summed E-state index contributed by atoms with van der Waals surface area (Å²) < 4.78 is 0. The Kier molecular flexibility index (Phi) is 8.90. The second-order valence-corrected chi connectivity index (χ2v) is 4.56. The number of aliphatic hydroxyl groups excluding tert-OH is 2. The summed E-state index contributed by atoms with van der Waals surface area (Å²) in [6.45, 7) is 3.54. The molecule has 4 nitrogen and oxygen atoms in total. The smallest absolute Gasteiger partial charge is 0.143 e. The number of aliphatic hydroxyl groups is 2. The van der Waals surface area contributed by atoms with Crippen LogP contribution in [0, 0.1) is 5.92 Å². The normalized spacial score (nSPS) is 16.2. The largest absolute Gasteiger partial charge is 0.391 e. The molecule has 0 aliphatic carbocycles. The fourth-order valence-corrected chi connectivity index (χ4v) is 1.63. The topological polar surface area (TPSA) is 74.6 Å². The molecular weight excluding hydrogens is 220 g/mol. The van der Waals surface area contributed by atoms with E-state index in [9.17, 15) is 14.7 Å². The molecule has 0 spiro atoms. The summed E-state index contributed by atoms with van der Waals surface area (Å²) in [5.74, 6) is -0.906. The average molecular weight is 244 g/mol. The molecule has 0 radical (unpaired) electrons. The molecule has 0 aliphatic heterocycles. The average Bonchev–Trinajstić information content (AvgIpc) is 2.30. The molecular formula is C13H24O4. The van der Waals surface area contributed by atoms with Crippen LogP contribution in [0.25, 0.3) is 0 Å². The number of carbonyl (C=O) groups is 2. The lowest BCUT2D eigenvalue weighted by Gasteiger charge is -2.16. The fraction of sp³-hybridized carbons (Fsp3) is 0.846. The predicted molar refractivity (Wildman–Crippen MR) is 65.6 cm³/mol. The molecule has 0 bridgehead atoms. The Hall–Kier alpha value is -0.740. The third-order valence-corrected chi connectivity index (χ3v) is 2.91. The highest BCUT2D eigenvalue weighted by molar-refractivity contribution is 5.93. The molecule has 0 amide bonds. The van der Waals surface area contributed by atoms with E-state index >= 15 is 0 Å². The minimum Gasteiger partial charge on any atom is -0.391 e. The molecule has 0 saturated carbocycles. The van der Waals surface area contributed by atoms with Gasteiger partial charge in [-0.1, -0.05) is 26.2 Å². The van der Waals surface area contributed by atoms with Crippen LogP contribution in [-0.2, 0) is 9.59 Å². The quantitative estimate of drug-likeness (QED) is 0.347. The molecule has 4 heteroatoms. The summed E-state index contributed by atoms with van der Waals surface area (Å²) in [7, 11) is 0. The van der Waals surface area contributed by atoms with Crippen molar-refractivity contribution in [1.82, 2.24) is 0 Å². The van der Waals surface area contributed by atoms with Crippen molar-refractivity contribution in [2.24, 2.45) is 5.92 Å². The van der Waals surface area contributed by atoms with Gasteiger partial charge in [-0.25, -0.2) is 0 Å². The van der Waals surface area contributed by atoms with Crippen molar-refractivity contribution >= 4 is 12.1 Å². The number of hydrogen-bond acceptors (Lipinski definition) is 4. The molecule has 0 saturated heterocycles. The Bertz CT molecular complexity index is 225. The van der Waals surface area contributed by atoms with Crippen molar-refractivity contribution in [3.8, 4) is 0 Å². The first-order valence-electron chi connectivity index (χ1n) is 6.37. The van der Waals surface area contributed by atoms with Gasteiger partial charge in [-0.15, -0.1) is 0 Å². The van der Waals surface area contributed by atoms with Crippen LogP contribution in [0.15, 0.2) is 0 Å². The van der Waals surface area contributed by atoms with Crippen molar-refractivity contribution in [2.75, 3.05) is 0 Å². The zero-order chi connectivity index (χ0) is 13.3. The first-order chi connectivity index (χ1) is 8.02. The lowest BCUT2D eigenvalue weighted by Crippen LogP contribution is -2.29. The summed E-state index contributed by atoms with van der Waals surface area (Å²) in [4.78, 5) is 22.5. The van der Waals surface area contributed by atoms with Crippen molar-refractivity contribution < 1.29 is 19.8 Å². The van der Waals surface area contributed by atoms with E-state index in [-0.39, 0.29) is 12.2 Å². The standard InChI is InChI=1S/C13H24O4/c1-3-4-5-6-7-12(16)11(9-14)8-13(17)10(2)15/h9-11,13,15,17H,3-8H2,1-2H3. The van der Waals surface area contributed by atoms with Gasteiger partial charge in [0.2, 0.25) is 0 Å². The van der Waals surface area contributed by atoms with Gasteiger partial charge in [0.15, 0.2) is 0 Å². The molecule has 0 rings (SSSR count). The lowest BCUT2D eigenvalue weighted by atomic mass is 9.93. The Balaban J connectivity index is 3.99. The van der Waals surface area contributed by atoms with Crippen LogP contribution in [-0.4, -0.2) is 34.5 Å². The SMILES string of the molecule is CCCCCCC(=O)C(C=O)CC(O)C(C)O. The monoisotopic (exact) mass is 244 g/mol. The molecule has 0 aliphatic rings. The predicted octanol–water partition coefficient (Wildman–Crippen LogP) is 1.47. The highest BCUT2D eigenvalue weighted by Crippen LogP contribution is 2.13. The Morgan fingerprint density at radius 1 is 1.24 bits per heavy atom. The Morgan fingerprint density at radius 2 is 1.88 bits per heavy atom. The van der Waals surface area contributed by atoms with Crippen LogP contribution in [0.4, 0.5) is 0 Å². The zero-order valence-electron chi connectivity index (χ0n) is 10.8. The van der Waals surface area contributed by atoms with Crippen molar-refractivity contribution in [2.45, 2.75) is 64.6 Å². The van der Waals surface area contributed by atoms with E-state index in [1.165, 1.54) is 6.92 Å². The highest BCUT2D eigenvalue weighted by atomic mass is 16.3. The Labute approximate surface area is 103 Å². The molecule has 0 aromatic rings. The van der Waals surface area contributed by atoms with Gasteiger partial charge in [0.1, 0.15) is 12.1 Å². The van der Waals surface area contributed by atoms with Crippen LogP contribution in [0.2, 0.25) is 0 Å². The van der Waals surface area contributed by atoms with E-state index in [0.717, 1.165) is 25.7 Å². The fourth-order valence-electron chi connectivity index (χ4n) is 1.63. The molecule has 3 unspecified atom stereocenters. The maximum Gasteiger partial charge on any atom is 0.143 e. The number of Topliss-reactive ketones (excluding diaryl/α,β-unsaturated/α-hetero) is 1. The van der Waals surface area contributed by atoms with E-state index in [1.54, 1.807) is 0 Å². The maximum atomic E-state index is 11.7. The van der Waals surface area contributed by atoms with Crippen LogP contribution in [0.3, 0.4) is 0 Å². The van der Waals surface area contributed by atoms with Crippen LogP contribution in [0.1, 0.15) is 52.4 Å². The first-order valence-corrected chi connectivity index (χ1v) is 6.37. The summed E-state index contributed by atoms with van der Waals surface area (Å²) in [6.07, 6.45) is 3.04. The van der Waals surface area contributed by atoms with Crippen LogP contribution < -0.4 is 0 Å². The number of rotatable bonds is 10. The lowest BCUT2D eigenvalue weighted by molar-refractivity contribution is -0.129. The number of carbonyl (C=O) groups excluding carboxylic acids is 2. The molecule has 0 heterocycles. The highest BCUT2D eigenvalue weighted by Gasteiger charge is 2.23. The number of aldehydes is 1. The molecule has 0 aromatic carbocycles. The molecule has 0 aromatic heterocycles. The van der Waals surface area contributed by atoms with Gasteiger partial charge in [-0.3, -0.25) is 4.79 Å². The summed E-state index contributed by atoms with van der Waals surface area (Å²) >= 11 is 0. The molecule has 100 valence electrons. The summed E-state index contributed by atoms with van der Waals surface area (Å²) in [5, 5.41) is 18.5. The molecule has 3 atom stereocenters. The molecule has 2 N–H and O–H groups in total. The van der Waals surface area contributed by atoms with Gasteiger partial charge in [-0.05, 0) is 19.8 Å². The summed E-state index contributed by atoms with van der Waals surface area (Å²) in [5.41, 5.74) is 0. The van der Waals surface area contributed by atoms with Gasteiger partial charge in [0.25, 0.3) is 0 Å². The van der Waals surface area contributed by atoms with E-state index in [1.807, 2.05) is 0 Å². The van der Waals surface area contributed by atoms with Crippen LogP contribution in [0.5, 0.6) is 0 Å². The van der Waals surface area contributed by atoms with Crippen molar-refractivity contribution in [1.29, 1.82) is 0 Å². The Morgan fingerprint density at radius 3 is 2.35 bits per heavy atom. The zero-order valence-corrected chi connectivity index (χ0v) is 10.8. The van der Waals surface area contributed by atoms with Gasteiger partial charge in [-0.2, -0.15) is 0 Å². The second kappa shape index (κ2) is 9.31. The summed E-state index contributed by atoms with van der Waals surface area (Å²) in [6, 6.07) is 0. The van der Waals surface area contributed by atoms with E-state index in [0.29, 0.717) is 12.7 Å². The van der Waals surface area contributed by atoms with Crippen LogP contribution >= 0.6 is 0 Å². The van der Waals surface area contributed by atoms with E-state index in [4.69, 9.17) is 5.11 Å². The first kappa shape index (κ1) is 16.3. The second-order valence-electron chi connectivity index (χ2n) is 4.56. The van der Waals surface area contributed by atoms with E-state index in [2.05, 4.69) is 6.92 Å². The van der Waals surface area contributed by atoms with Gasteiger partial charge in [0, 0.05) is 6.42 Å². The minimum absolute atomic E-state index is 0.0216. The number of unbranched alkanes of at least 4 members (excludes halogenated alkanes) is 3. The molecule has 0 fully saturated rings. The van der Waals surface area contributed by atoms with Crippen molar-refractivity contribution in [3.63, 3.8) is 0 Å². The van der Waals surface area contributed by atoms with Gasteiger partial charge >= 0.3 is 0 Å². The molecule has 17 heavy (non-hydrogen) atoms.